The van der Waals surface area contributed by atoms with Crippen LogP contribution in [0.1, 0.15) is 36.6 Å². The van der Waals surface area contributed by atoms with Crippen LogP contribution in [0.4, 0.5) is 0 Å². The maximum atomic E-state index is 12.8. The lowest BCUT2D eigenvalue weighted by molar-refractivity contribution is -0.138. The molecule has 0 spiro atoms. The third kappa shape index (κ3) is 3.48. The van der Waals surface area contributed by atoms with Gasteiger partial charge < -0.3 is 10.1 Å². The van der Waals surface area contributed by atoms with Crippen LogP contribution in [0.25, 0.3) is 5.70 Å². The SMILES string of the molecule is CCOC(=O)C1=C(c2ccccc2C)NC(C)=NC1c1ccccc1. The van der Waals surface area contributed by atoms with Gasteiger partial charge >= 0.3 is 5.97 Å². The highest BCUT2D eigenvalue weighted by atomic mass is 16.5. The Morgan fingerprint density at radius 3 is 2.44 bits per heavy atom. The third-order valence-corrected chi connectivity index (χ3v) is 4.20. The van der Waals surface area contributed by atoms with E-state index in [0.717, 1.165) is 28.2 Å². The minimum absolute atomic E-state index is 0.327. The fourth-order valence-corrected chi connectivity index (χ4v) is 3.04. The lowest BCUT2D eigenvalue weighted by Gasteiger charge is -2.27. The number of ether oxygens (including phenoxy) is 1. The van der Waals surface area contributed by atoms with E-state index >= 15 is 0 Å². The van der Waals surface area contributed by atoms with Crippen molar-refractivity contribution < 1.29 is 9.53 Å². The van der Waals surface area contributed by atoms with Gasteiger partial charge in [0.2, 0.25) is 0 Å². The first-order valence-electron chi connectivity index (χ1n) is 8.45. The quantitative estimate of drug-likeness (QED) is 0.859. The summed E-state index contributed by atoms with van der Waals surface area (Å²) < 4.78 is 5.35. The maximum absolute atomic E-state index is 12.8. The highest BCUT2D eigenvalue weighted by Crippen LogP contribution is 2.35. The van der Waals surface area contributed by atoms with E-state index in [4.69, 9.17) is 4.74 Å². The summed E-state index contributed by atoms with van der Waals surface area (Å²) in [7, 11) is 0. The first kappa shape index (κ1) is 17.0. The van der Waals surface area contributed by atoms with Gasteiger partial charge in [-0.2, -0.15) is 0 Å². The number of nitrogens with one attached hydrogen (secondary N) is 1. The summed E-state index contributed by atoms with van der Waals surface area (Å²) in [6.45, 7) is 6.09. The zero-order chi connectivity index (χ0) is 17.8. The van der Waals surface area contributed by atoms with Gasteiger partial charge in [0.15, 0.2) is 0 Å². The van der Waals surface area contributed by atoms with E-state index in [1.807, 2.05) is 75.4 Å². The van der Waals surface area contributed by atoms with E-state index in [0.29, 0.717) is 12.2 Å². The van der Waals surface area contributed by atoms with Crippen LogP contribution in [0, 0.1) is 6.92 Å². The van der Waals surface area contributed by atoms with Crippen LogP contribution >= 0.6 is 0 Å². The first-order valence-corrected chi connectivity index (χ1v) is 8.45. The van der Waals surface area contributed by atoms with Gasteiger partial charge in [-0.15, -0.1) is 0 Å². The third-order valence-electron chi connectivity index (χ3n) is 4.20. The lowest BCUT2D eigenvalue weighted by atomic mass is 9.92. The Kier molecular flexibility index (Phi) is 4.98. The Morgan fingerprint density at radius 1 is 1.08 bits per heavy atom. The number of esters is 1. The molecule has 25 heavy (non-hydrogen) atoms. The average Bonchev–Trinajstić information content (AvgIpc) is 2.62. The number of hydrogen-bond acceptors (Lipinski definition) is 4. The summed E-state index contributed by atoms with van der Waals surface area (Å²) >= 11 is 0. The molecule has 0 saturated carbocycles. The Labute approximate surface area is 148 Å². The second-order valence-electron chi connectivity index (χ2n) is 5.98. The molecule has 4 nitrogen and oxygen atoms in total. The minimum atomic E-state index is -0.379. The molecule has 0 radical (unpaired) electrons. The Balaban J connectivity index is 2.21. The summed E-state index contributed by atoms with van der Waals surface area (Å²) in [5.41, 5.74) is 4.37. The number of benzene rings is 2. The highest BCUT2D eigenvalue weighted by Gasteiger charge is 2.31. The van der Waals surface area contributed by atoms with Gasteiger partial charge in [0, 0.05) is 5.56 Å². The average molecular weight is 334 g/mol. The number of aliphatic imine (C=N–C) groups is 1. The van der Waals surface area contributed by atoms with E-state index in [-0.39, 0.29) is 12.0 Å². The number of carbonyl (C=O) groups excluding carboxylic acids is 1. The van der Waals surface area contributed by atoms with Crippen molar-refractivity contribution in [1.82, 2.24) is 5.32 Å². The molecule has 0 aliphatic carbocycles. The van der Waals surface area contributed by atoms with Crippen molar-refractivity contribution in [2.75, 3.05) is 6.61 Å². The predicted molar refractivity (Wildman–Crippen MR) is 100 cm³/mol. The van der Waals surface area contributed by atoms with Crippen LogP contribution in [-0.2, 0) is 9.53 Å². The van der Waals surface area contributed by atoms with Gasteiger partial charge in [0.25, 0.3) is 0 Å². The molecule has 1 aliphatic rings. The van der Waals surface area contributed by atoms with E-state index in [1.165, 1.54) is 0 Å². The number of aryl methyl sites for hydroxylation is 1. The Hall–Kier alpha value is -2.88. The van der Waals surface area contributed by atoms with Gasteiger partial charge in [0.05, 0.1) is 23.7 Å². The Morgan fingerprint density at radius 2 is 1.76 bits per heavy atom. The van der Waals surface area contributed by atoms with Gasteiger partial charge in [-0.3, -0.25) is 4.99 Å². The molecule has 0 fully saturated rings. The number of carbonyl (C=O) groups is 1. The van der Waals surface area contributed by atoms with Crippen LogP contribution < -0.4 is 5.32 Å². The van der Waals surface area contributed by atoms with Crippen molar-refractivity contribution in [1.29, 1.82) is 0 Å². The van der Waals surface area contributed by atoms with Crippen LogP contribution in [0.2, 0.25) is 0 Å². The van der Waals surface area contributed by atoms with Crippen molar-refractivity contribution in [3.05, 3.63) is 76.9 Å². The summed E-state index contributed by atoms with van der Waals surface area (Å²) in [5, 5.41) is 3.29. The van der Waals surface area contributed by atoms with E-state index < -0.39 is 0 Å². The molecule has 0 amide bonds. The van der Waals surface area contributed by atoms with Gasteiger partial charge in [-0.25, -0.2) is 4.79 Å². The molecule has 0 aromatic heterocycles. The molecular formula is C21H22N2O2. The predicted octanol–water partition coefficient (Wildman–Crippen LogP) is 4.03. The van der Waals surface area contributed by atoms with Crippen molar-refractivity contribution in [3.63, 3.8) is 0 Å². The van der Waals surface area contributed by atoms with Crippen LogP contribution in [0.3, 0.4) is 0 Å². The molecule has 1 unspecified atom stereocenters. The molecule has 3 rings (SSSR count). The fraction of sp³-hybridized carbons (Fsp3) is 0.238. The van der Waals surface area contributed by atoms with Crippen molar-refractivity contribution in [3.8, 4) is 0 Å². The largest absolute Gasteiger partial charge is 0.463 e. The van der Waals surface area contributed by atoms with Crippen molar-refractivity contribution in [2.45, 2.75) is 26.8 Å². The number of nitrogens with zero attached hydrogens (tertiary/aromatic N) is 1. The molecular weight excluding hydrogens is 312 g/mol. The van der Waals surface area contributed by atoms with Crippen molar-refractivity contribution >= 4 is 17.5 Å². The Bertz CT molecular complexity index is 838. The van der Waals surface area contributed by atoms with Gasteiger partial charge in [0.1, 0.15) is 6.04 Å². The molecule has 1 N–H and O–H groups in total. The second-order valence-corrected chi connectivity index (χ2v) is 5.98. The monoisotopic (exact) mass is 334 g/mol. The smallest absolute Gasteiger partial charge is 0.338 e. The molecule has 0 bridgehead atoms. The first-order chi connectivity index (χ1) is 12.1. The molecule has 1 aliphatic heterocycles. The molecule has 1 atom stereocenters. The molecule has 128 valence electrons. The second kappa shape index (κ2) is 7.34. The van der Waals surface area contributed by atoms with Gasteiger partial charge in [-0.1, -0.05) is 54.6 Å². The van der Waals surface area contributed by atoms with Crippen LogP contribution in [0.15, 0.2) is 65.2 Å². The standard InChI is InChI=1S/C21H22N2O2/c1-4-25-21(24)18-19(16-11-6-5-7-12-16)22-15(3)23-20(18)17-13-9-8-10-14(17)2/h5-13,19H,4H2,1-3H3,(H,22,23). The number of amidine groups is 1. The fourth-order valence-electron chi connectivity index (χ4n) is 3.04. The van der Waals surface area contributed by atoms with Crippen molar-refractivity contribution in [2.24, 2.45) is 4.99 Å². The highest BCUT2D eigenvalue weighted by molar-refractivity contribution is 6.05. The molecule has 2 aromatic carbocycles. The minimum Gasteiger partial charge on any atom is -0.463 e. The molecule has 0 saturated heterocycles. The molecule has 4 heteroatoms. The lowest BCUT2D eigenvalue weighted by Crippen LogP contribution is -2.31. The zero-order valence-corrected chi connectivity index (χ0v) is 14.7. The van der Waals surface area contributed by atoms with Crippen LogP contribution in [-0.4, -0.2) is 18.4 Å². The normalized spacial score (nSPS) is 16.9. The molecule has 2 aromatic rings. The van der Waals surface area contributed by atoms with Gasteiger partial charge in [-0.05, 0) is 31.9 Å². The summed E-state index contributed by atoms with van der Waals surface area (Å²) in [6, 6.07) is 17.5. The van der Waals surface area contributed by atoms with E-state index in [9.17, 15) is 4.79 Å². The topological polar surface area (TPSA) is 50.7 Å². The van der Waals surface area contributed by atoms with E-state index in [2.05, 4.69) is 10.3 Å². The maximum Gasteiger partial charge on any atom is 0.338 e. The molecule has 1 heterocycles. The number of hydrogen-bond donors (Lipinski definition) is 1. The number of rotatable bonds is 4. The van der Waals surface area contributed by atoms with E-state index in [1.54, 1.807) is 0 Å². The zero-order valence-electron chi connectivity index (χ0n) is 14.7. The van der Waals surface area contributed by atoms with Crippen LogP contribution in [0.5, 0.6) is 0 Å². The summed E-state index contributed by atoms with van der Waals surface area (Å²) in [5.74, 6) is 0.443. The summed E-state index contributed by atoms with van der Waals surface area (Å²) in [6.07, 6.45) is 0. The summed E-state index contributed by atoms with van der Waals surface area (Å²) in [4.78, 5) is 17.5.